The zero-order valence-corrected chi connectivity index (χ0v) is 20.8. The molecule has 0 bridgehead atoms. The lowest BCUT2D eigenvalue weighted by Gasteiger charge is -2.15. The molecule has 2 aromatic carbocycles. The van der Waals surface area contributed by atoms with Crippen molar-refractivity contribution in [3.63, 3.8) is 0 Å². The van der Waals surface area contributed by atoms with Crippen LogP contribution in [0.4, 0.5) is 5.69 Å². The number of hydrogen-bond donors (Lipinski definition) is 2. The maximum Gasteiger partial charge on any atom is 0.234 e. The minimum Gasteiger partial charge on any atom is -0.497 e. The Hall–Kier alpha value is -3.79. The molecule has 2 N–H and O–H groups in total. The molecule has 0 aliphatic heterocycles. The van der Waals surface area contributed by atoms with Gasteiger partial charge in [-0.15, -0.1) is 16.8 Å². The average molecular weight is 496 g/mol. The summed E-state index contributed by atoms with van der Waals surface area (Å²) in [5, 5.41) is 14.9. The Kier molecular flexibility index (Phi) is 9.31. The number of rotatable bonds is 12. The second-order valence-electron chi connectivity index (χ2n) is 7.59. The Morgan fingerprint density at radius 3 is 2.51 bits per heavy atom. The zero-order chi connectivity index (χ0) is 25.2. The van der Waals surface area contributed by atoms with Gasteiger partial charge in [0.1, 0.15) is 11.5 Å². The molecule has 1 atom stereocenters. The van der Waals surface area contributed by atoms with Crippen LogP contribution in [0.2, 0.25) is 0 Å². The fourth-order valence-electron chi connectivity index (χ4n) is 3.38. The number of nitrogens with one attached hydrogen (secondary N) is 2. The quantitative estimate of drug-likeness (QED) is 0.292. The molecule has 1 heterocycles. The van der Waals surface area contributed by atoms with Crippen LogP contribution in [0.25, 0.3) is 0 Å². The lowest BCUT2D eigenvalue weighted by molar-refractivity contribution is -0.121. The Morgan fingerprint density at radius 1 is 1.09 bits per heavy atom. The molecule has 10 heteroatoms. The number of carbonyl (C=O) groups is 2. The smallest absolute Gasteiger partial charge is 0.234 e. The number of thioether (sulfide) groups is 1. The highest BCUT2D eigenvalue weighted by Gasteiger charge is 2.20. The van der Waals surface area contributed by atoms with E-state index in [2.05, 4.69) is 27.4 Å². The summed E-state index contributed by atoms with van der Waals surface area (Å²) in [7, 11) is 3.15. The van der Waals surface area contributed by atoms with Gasteiger partial charge in [0.25, 0.3) is 0 Å². The van der Waals surface area contributed by atoms with Gasteiger partial charge in [-0.05, 0) is 36.8 Å². The van der Waals surface area contributed by atoms with Crippen LogP contribution in [0, 0.1) is 0 Å². The first-order valence-electron chi connectivity index (χ1n) is 11.0. The topological polar surface area (TPSA) is 107 Å². The zero-order valence-electron chi connectivity index (χ0n) is 20.0. The van der Waals surface area contributed by atoms with Crippen LogP contribution in [0.15, 0.2) is 66.3 Å². The van der Waals surface area contributed by atoms with Gasteiger partial charge in [-0.2, -0.15) is 0 Å². The highest BCUT2D eigenvalue weighted by atomic mass is 32.2. The maximum absolute atomic E-state index is 12.6. The van der Waals surface area contributed by atoms with Crippen molar-refractivity contribution in [2.24, 2.45) is 0 Å². The summed E-state index contributed by atoms with van der Waals surface area (Å²) in [4.78, 5) is 25.1. The molecule has 0 fully saturated rings. The summed E-state index contributed by atoms with van der Waals surface area (Å²) >= 11 is 1.26. The van der Waals surface area contributed by atoms with Crippen LogP contribution in [0.5, 0.6) is 11.5 Å². The number of allylic oxidation sites excluding steroid dienone is 1. The van der Waals surface area contributed by atoms with Crippen LogP contribution in [0.1, 0.15) is 24.4 Å². The molecule has 0 radical (unpaired) electrons. The third kappa shape index (κ3) is 7.10. The highest BCUT2D eigenvalue weighted by molar-refractivity contribution is 7.99. The summed E-state index contributed by atoms with van der Waals surface area (Å²) < 4.78 is 12.3. The minimum atomic E-state index is -0.384. The summed E-state index contributed by atoms with van der Waals surface area (Å²) in [6.45, 7) is 6.09. The number of ether oxygens (including phenoxy) is 2. The van der Waals surface area contributed by atoms with E-state index in [1.165, 1.54) is 11.8 Å². The van der Waals surface area contributed by atoms with Crippen molar-refractivity contribution in [2.45, 2.75) is 31.1 Å². The Bertz CT molecular complexity index is 1160. The van der Waals surface area contributed by atoms with E-state index in [0.29, 0.717) is 29.0 Å². The van der Waals surface area contributed by atoms with Crippen molar-refractivity contribution < 1.29 is 19.1 Å². The SMILES string of the molecule is C=CCn1c(SCC(=O)Nc2ccccc2OC)nnc1[C@@H](C)NC(=O)Cc1ccc(OC)cc1. The molecule has 0 unspecified atom stereocenters. The first-order valence-corrected chi connectivity index (χ1v) is 12.0. The van der Waals surface area contributed by atoms with Crippen LogP contribution in [-0.4, -0.2) is 46.6 Å². The molecule has 0 spiro atoms. The predicted molar refractivity (Wildman–Crippen MR) is 136 cm³/mol. The van der Waals surface area contributed by atoms with Crippen molar-refractivity contribution in [2.75, 3.05) is 25.3 Å². The van der Waals surface area contributed by atoms with Gasteiger partial charge in [0.05, 0.1) is 38.1 Å². The monoisotopic (exact) mass is 495 g/mol. The van der Waals surface area contributed by atoms with Gasteiger partial charge in [-0.25, -0.2) is 0 Å². The molecule has 0 aliphatic carbocycles. The van der Waals surface area contributed by atoms with Gasteiger partial charge in [-0.3, -0.25) is 9.59 Å². The minimum absolute atomic E-state index is 0.130. The highest BCUT2D eigenvalue weighted by Crippen LogP contribution is 2.25. The van der Waals surface area contributed by atoms with E-state index in [1.54, 1.807) is 32.4 Å². The summed E-state index contributed by atoms with van der Waals surface area (Å²) in [5.74, 6) is 1.70. The van der Waals surface area contributed by atoms with Crippen molar-refractivity contribution in [1.29, 1.82) is 0 Å². The second-order valence-corrected chi connectivity index (χ2v) is 8.53. The molecular weight excluding hydrogens is 466 g/mol. The van der Waals surface area contributed by atoms with Crippen LogP contribution >= 0.6 is 11.8 Å². The molecule has 0 aliphatic rings. The lowest BCUT2D eigenvalue weighted by Crippen LogP contribution is -2.30. The maximum atomic E-state index is 12.6. The van der Waals surface area contributed by atoms with E-state index in [9.17, 15) is 9.59 Å². The lowest BCUT2D eigenvalue weighted by atomic mass is 10.1. The molecule has 3 aromatic rings. The van der Waals surface area contributed by atoms with Crippen LogP contribution < -0.4 is 20.1 Å². The number of methoxy groups -OCH3 is 2. The van der Waals surface area contributed by atoms with Gasteiger partial charge < -0.3 is 24.7 Å². The first kappa shape index (κ1) is 25.8. The van der Waals surface area contributed by atoms with Crippen LogP contribution in [0.3, 0.4) is 0 Å². The number of hydrogen-bond acceptors (Lipinski definition) is 7. The molecule has 9 nitrogen and oxygen atoms in total. The molecule has 0 saturated carbocycles. The van der Waals surface area contributed by atoms with Crippen LogP contribution in [-0.2, 0) is 22.6 Å². The van der Waals surface area contributed by atoms with Crippen molar-refractivity contribution in [3.05, 3.63) is 72.6 Å². The molecule has 2 amide bonds. The fraction of sp³-hybridized carbons (Fsp3) is 0.280. The summed E-state index contributed by atoms with van der Waals surface area (Å²) in [6.07, 6.45) is 1.95. The average Bonchev–Trinajstić information content (AvgIpc) is 3.26. The van der Waals surface area contributed by atoms with Gasteiger partial charge >= 0.3 is 0 Å². The van der Waals surface area contributed by atoms with Gasteiger partial charge in [0, 0.05) is 6.54 Å². The molecule has 1 aromatic heterocycles. The Morgan fingerprint density at radius 2 is 1.83 bits per heavy atom. The van der Waals surface area contributed by atoms with E-state index in [-0.39, 0.29) is 30.0 Å². The molecule has 3 rings (SSSR count). The normalized spacial score (nSPS) is 11.4. The van der Waals surface area contributed by atoms with Crippen molar-refractivity contribution in [3.8, 4) is 11.5 Å². The number of para-hydroxylation sites is 2. The number of carbonyl (C=O) groups excluding carboxylic acids is 2. The third-order valence-electron chi connectivity index (χ3n) is 5.06. The second kappa shape index (κ2) is 12.6. The molecule has 35 heavy (non-hydrogen) atoms. The molecule has 184 valence electrons. The number of benzene rings is 2. The van der Waals surface area contributed by atoms with E-state index in [4.69, 9.17) is 9.47 Å². The van der Waals surface area contributed by atoms with Crippen molar-refractivity contribution >= 4 is 29.3 Å². The van der Waals surface area contributed by atoms with E-state index < -0.39 is 0 Å². The van der Waals surface area contributed by atoms with E-state index >= 15 is 0 Å². The summed E-state index contributed by atoms with van der Waals surface area (Å²) in [5.41, 5.74) is 1.47. The number of anilines is 1. The predicted octanol–water partition coefficient (Wildman–Crippen LogP) is 3.63. The molecular formula is C25H29N5O4S. The standard InChI is InChI=1S/C25H29N5O4S/c1-5-14-30-24(17(2)26-22(31)15-18-10-12-19(33-3)13-11-18)28-29-25(30)35-16-23(32)27-20-8-6-7-9-21(20)34-4/h5-13,17H,1,14-16H2,2-4H3,(H,26,31)(H,27,32)/t17-/m1/s1. The van der Waals surface area contributed by atoms with Gasteiger partial charge in [0.15, 0.2) is 11.0 Å². The third-order valence-corrected chi connectivity index (χ3v) is 6.03. The Balaban J connectivity index is 1.61. The van der Waals surface area contributed by atoms with Crippen molar-refractivity contribution in [1.82, 2.24) is 20.1 Å². The van der Waals surface area contributed by atoms with E-state index in [0.717, 1.165) is 11.3 Å². The Labute approximate surface area is 208 Å². The van der Waals surface area contributed by atoms with Gasteiger partial charge in [-0.1, -0.05) is 42.1 Å². The number of aromatic nitrogens is 3. The molecule has 0 saturated heterocycles. The number of nitrogens with zero attached hydrogens (tertiary/aromatic N) is 3. The summed E-state index contributed by atoms with van der Waals surface area (Å²) in [6, 6.07) is 14.2. The number of amides is 2. The van der Waals surface area contributed by atoms with Gasteiger partial charge in [0.2, 0.25) is 11.8 Å². The largest absolute Gasteiger partial charge is 0.497 e. The fourth-order valence-corrected chi connectivity index (χ4v) is 4.13. The van der Waals surface area contributed by atoms with E-state index in [1.807, 2.05) is 47.9 Å². The first-order chi connectivity index (χ1) is 16.9.